The Hall–Kier alpha value is -2.29. The van der Waals surface area contributed by atoms with Crippen LogP contribution < -0.4 is 10.6 Å². The van der Waals surface area contributed by atoms with Crippen molar-refractivity contribution in [3.05, 3.63) is 59.2 Å². The zero-order valence-electron chi connectivity index (χ0n) is 11.6. The number of carbonyl (C=O) groups excluding carboxylic acids is 1. The largest absolute Gasteiger partial charge is 0.384 e. The number of nitrogens with one attached hydrogen (secondary N) is 2. The monoisotopic (exact) mass is 266 g/mol. The van der Waals surface area contributed by atoms with Gasteiger partial charge in [-0.05, 0) is 54.3 Å². The molecule has 0 bridgehead atoms. The van der Waals surface area contributed by atoms with Gasteiger partial charge in [-0.15, -0.1) is 0 Å². The van der Waals surface area contributed by atoms with Crippen LogP contribution in [-0.2, 0) is 12.8 Å². The number of hydrogen-bond donors (Lipinski definition) is 2. The highest BCUT2D eigenvalue weighted by molar-refractivity contribution is 6.04. The van der Waals surface area contributed by atoms with Crippen LogP contribution in [0, 0.1) is 0 Å². The van der Waals surface area contributed by atoms with Gasteiger partial charge in [0.25, 0.3) is 5.91 Å². The van der Waals surface area contributed by atoms with Crippen LogP contribution in [0.3, 0.4) is 0 Å². The van der Waals surface area contributed by atoms with Gasteiger partial charge in [0.1, 0.15) is 0 Å². The first-order chi connectivity index (χ1) is 9.76. The number of amides is 1. The Labute approximate surface area is 119 Å². The van der Waals surface area contributed by atoms with E-state index in [4.69, 9.17) is 0 Å². The summed E-state index contributed by atoms with van der Waals surface area (Å²) in [6.07, 6.45) is 1.95. The molecule has 2 aromatic rings. The van der Waals surface area contributed by atoms with E-state index in [9.17, 15) is 4.79 Å². The van der Waals surface area contributed by atoms with Crippen LogP contribution in [0.2, 0.25) is 0 Å². The van der Waals surface area contributed by atoms with Crippen molar-refractivity contribution in [3.63, 3.8) is 0 Å². The molecule has 3 nitrogen and oxygen atoms in total. The number of hydrogen-bond acceptors (Lipinski definition) is 2. The molecule has 0 aliphatic carbocycles. The summed E-state index contributed by atoms with van der Waals surface area (Å²) in [7, 11) is 0. The second kappa shape index (κ2) is 5.37. The summed E-state index contributed by atoms with van der Waals surface area (Å²) in [5.41, 5.74) is 5.16. The highest BCUT2D eigenvalue weighted by Crippen LogP contribution is 2.23. The molecule has 0 radical (unpaired) electrons. The van der Waals surface area contributed by atoms with Crippen molar-refractivity contribution < 1.29 is 4.79 Å². The average molecular weight is 266 g/mol. The summed E-state index contributed by atoms with van der Waals surface area (Å²) in [5, 5.41) is 6.26. The van der Waals surface area contributed by atoms with Gasteiger partial charge in [-0.2, -0.15) is 0 Å². The fourth-order valence-corrected chi connectivity index (χ4v) is 2.52. The Morgan fingerprint density at radius 3 is 3.00 bits per heavy atom. The number of benzene rings is 2. The van der Waals surface area contributed by atoms with Crippen molar-refractivity contribution >= 4 is 17.3 Å². The maximum atomic E-state index is 12.3. The van der Waals surface area contributed by atoms with Gasteiger partial charge in [0.05, 0.1) is 0 Å². The van der Waals surface area contributed by atoms with E-state index in [0.717, 1.165) is 30.8 Å². The number of carbonyl (C=O) groups is 1. The van der Waals surface area contributed by atoms with Gasteiger partial charge in [0.15, 0.2) is 0 Å². The Balaban J connectivity index is 1.79. The van der Waals surface area contributed by atoms with Crippen LogP contribution in [0.4, 0.5) is 11.4 Å². The van der Waals surface area contributed by atoms with Crippen molar-refractivity contribution in [3.8, 4) is 0 Å². The van der Waals surface area contributed by atoms with Crippen molar-refractivity contribution in [2.24, 2.45) is 0 Å². The molecule has 0 spiro atoms. The molecular formula is C17H18N2O. The van der Waals surface area contributed by atoms with Crippen LogP contribution in [-0.4, -0.2) is 12.5 Å². The molecule has 0 unspecified atom stereocenters. The zero-order chi connectivity index (χ0) is 13.9. The van der Waals surface area contributed by atoms with Gasteiger partial charge in [-0.25, -0.2) is 0 Å². The molecule has 0 saturated heterocycles. The molecule has 0 saturated carbocycles. The zero-order valence-corrected chi connectivity index (χ0v) is 11.6. The molecular weight excluding hydrogens is 248 g/mol. The average Bonchev–Trinajstić information content (AvgIpc) is 2.94. The molecule has 0 atom stereocenters. The molecule has 3 rings (SSSR count). The van der Waals surface area contributed by atoms with E-state index in [0.29, 0.717) is 5.56 Å². The SMILES string of the molecule is CCc1cccc(NC(=O)c2ccc3c(c2)CCN3)c1. The standard InChI is InChI=1S/C17H18N2O/c1-2-12-4-3-5-15(10-12)19-17(20)14-6-7-16-13(11-14)8-9-18-16/h3-7,10-11,18H,2,8-9H2,1H3,(H,19,20). The summed E-state index contributed by atoms with van der Waals surface area (Å²) in [4.78, 5) is 12.3. The third kappa shape index (κ3) is 2.52. The van der Waals surface area contributed by atoms with Gasteiger partial charge in [-0.1, -0.05) is 19.1 Å². The lowest BCUT2D eigenvalue weighted by molar-refractivity contribution is 0.102. The predicted molar refractivity (Wildman–Crippen MR) is 82.4 cm³/mol. The van der Waals surface area contributed by atoms with E-state index in [1.54, 1.807) is 0 Å². The van der Waals surface area contributed by atoms with E-state index in [1.165, 1.54) is 11.1 Å². The van der Waals surface area contributed by atoms with Crippen molar-refractivity contribution in [2.45, 2.75) is 19.8 Å². The molecule has 0 aromatic heterocycles. The minimum Gasteiger partial charge on any atom is -0.384 e. The number of aryl methyl sites for hydroxylation is 1. The minimum atomic E-state index is -0.0482. The van der Waals surface area contributed by atoms with Gasteiger partial charge >= 0.3 is 0 Å². The van der Waals surface area contributed by atoms with Gasteiger partial charge in [0.2, 0.25) is 0 Å². The number of anilines is 2. The van der Waals surface area contributed by atoms with Crippen molar-refractivity contribution in [1.29, 1.82) is 0 Å². The maximum absolute atomic E-state index is 12.3. The first-order valence-corrected chi connectivity index (χ1v) is 7.03. The van der Waals surface area contributed by atoms with Gasteiger partial charge in [0, 0.05) is 23.5 Å². The third-order valence-electron chi connectivity index (χ3n) is 3.67. The smallest absolute Gasteiger partial charge is 0.255 e. The minimum absolute atomic E-state index is 0.0482. The lowest BCUT2D eigenvalue weighted by atomic mass is 10.1. The van der Waals surface area contributed by atoms with E-state index in [2.05, 4.69) is 23.6 Å². The summed E-state index contributed by atoms with van der Waals surface area (Å²) < 4.78 is 0. The molecule has 102 valence electrons. The van der Waals surface area contributed by atoms with Crippen LogP contribution in [0.5, 0.6) is 0 Å². The molecule has 1 heterocycles. The van der Waals surface area contributed by atoms with Crippen LogP contribution in [0.15, 0.2) is 42.5 Å². The predicted octanol–water partition coefficient (Wildman–Crippen LogP) is 3.47. The highest BCUT2D eigenvalue weighted by Gasteiger charge is 2.13. The number of fused-ring (bicyclic) bond motifs is 1. The summed E-state index contributed by atoms with van der Waals surface area (Å²) >= 11 is 0. The van der Waals surface area contributed by atoms with Crippen molar-refractivity contribution in [2.75, 3.05) is 17.2 Å². The Bertz CT molecular complexity index is 649. The van der Waals surface area contributed by atoms with Crippen LogP contribution >= 0.6 is 0 Å². The lowest BCUT2D eigenvalue weighted by Crippen LogP contribution is -2.12. The molecule has 0 fully saturated rings. The Morgan fingerprint density at radius 2 is 2.15 bits per heavy atom. The lowest BCUT2D eigenvalue weighted by Gasteiger charge is -2.08. The first-order valence-electron chi connectivity index (χ1n) is 7.03. The van der Waals surface area contributed by atoms with Crippen LogP contribution in [0.25, 0.3) is 0 Å². The Kier molecular flexibility index (Phi) is 3.42. The van der Waals surface area contributed by atoms with Gasteiger partial charge < -0.3 is 10.6 Å². The van der Waals surface area contributed by atoms with E-state index >= 15 is 0 Å². The molecule has 2 N–H and O–H groups in total. The summed E-state index contributed by atoms with van der Waals surface area (Å²) in [6, 6.07) is 13.8. The normalized spacial score (nSPS) is 12.7. The maximum Gasteiger partial charge on any atom is 0.255 e. The van der Waals surface area contributed by atoms with E-state index in [-0.39, 0.29) is 5.91 Å². The Morgan fingerprint density at radius 1 is 1.25 bits per heavy atom. The fourth-order valence-electron chi connectivity index (χ4n) is 2.52. The molecule has 1 amide bonds. The van der Waals surface area contributed by atoms with Crippen molar-refractivity contribution in [1.82, 2.24) is 0 Å². The highest BCUT2D eigenvalue weighted by atomic mass is 16.1. The van der Waals surface area contributed by atoms with E-state index in [1.807, 2.05) is 36.4 Å². The molecule has 3 heteroatoms. The molecule has 1 aliphatic heterocycles. The van der Waals surface area contributed by atoms with Gasteiger partial charge in [-0.3, -0.25) is 4.79 Å². The second-order valence-corrected chi connectivity index (χ2v) is 5.06. The molecule has 1 aliphatic rings. The quantitative estimate of drug-likeness (QED) is 0.893. The molecule has 2 aromatic carbocycles. The number of rotatable bonds is 3. The van der Waals surface area contributed by atoms with Crippen LogP contribution in [0.1, 0.15) is 28.4 Å². The third-order valence-corrected chi connectivity index (χ3v) is 3.67. The van der Waals surface area contributed by atoms with E-state index < -0.39 is 0 Å². The topological polar surface area (TPSA) is 41.1 Å². The summed E-state index contributed by atoms with van der Waals surface area (Å²) in [5.74, 6) is -0.0482. The molecule has 20 heavy (non-hydrogen) atoms. The summed E-state index contributed by atoms with van der Waals surface area (Å²) in [6.45, 7) is 3.06. The first kappa shape index (κ1) is 12.7. The second-order valence-electron chi connectivity index (χ2n) is 5.06. The fraction of sp³-hybridized carbons (Fsp3) is 0.235.